The Balaban J connectivity index is 3.30. The van der Waals surface area contributed by atoms with Crippen LogP contribution in [0.5, 0.6) is 0 Å². The van der Waals surface area contributed by atoms with Crippen molar-refractivity contribution < 1.29 is 19.0 Å². The van der Waals surface area contributed by atoms with Crippen LogP contribution in [0.15, 0.2) is 0 Å². The van der Waals surface area contributed by atoms with Gasteiger partial charge in [-0.15, -0.1) is 0 Å². The van der Waals surface area contributed by atoms with Gasteiger partial charge < -0.3 is 14.2 Å². The highest BCUT2D eigenvalue weighted by molar-refractivity contribution is 7.80. The van der Waals surface area contributed by atoms with Crippen molar-refractivity contribution in [3.8, 4) is 0 Å². The van der Waals surface area contributed by atoms with Crippen LogP contribution in [0, 0.1) is 0 Å². The van der Waals surface area contributed by atoms with Crippen LogP contribution in [-0.2, 0) is 19.0 Å². The summed E-state index contributed by atoms with van der Waals surface area (Å²) in [5.41, 5.74) is 0. The zero-order valence-corrected chi connectivity index (χ0v) is 7.98. The van der Waals surface area contributed by atoms with Gasteiger partial charge in [0.15, 0.2) is 5.05 Å². The Bertz CT molecular complexity index is 157. The molecule has 0 amide bonds. The third kappa shape index (κ3) is 6.06. The highest BCUT2D eigenvalue weighted by atomic mass is 32.1. The Morgan fingerprint density at radius 1 is 1.42 bits per heavy atom. The van der Waals surface area contributed by atoms with Crippen molar-refractivity contribution in [3.05, 3.63) is 0 Å². The van der Waals surface area contributed by atoms with Crippen LogP contribution in [0.1, 0.15) is 6.92 Å². The van der Waals surface area contributed by atoms with Gasteiger partial charge in [0.1, 0.15) is 13.2 Å². The molecule has 5 heteroatoms. The standard InChI is InChI=1S/C7H12O4S/c1-3-11-6(8)4-10-5-7(12)9-2/h3-5H2,1-2H3. The fourth-order valence-corrected chi connectivity index (χ4v) is 0.563. The summed E-state index contributed by atoms with van der Waals surface area (Å²) in [5.74, 6) is -0.392. The van der Waals surface area contributed by atoms with Gasteiger partial charge in [0, 0.05) is 0 Å². The molecule has 0 heterocycles. The molecule has 0 aromatic rings. The van der Waals surface area contributed by atoms with E-state index in [1.54, 1.807) is 6.92 Å². The largest absolute Gasteiger partial charge is 0.488 e. The van der Waals surface area contributed by atoms with Crippen LogP contribution in [0.3, 0.4) is 0 Å². The first kappa shape index (κ1) is 11.3. The number of ether oxygens (including phenoxy) is 3. The average molecular weight is 192 g/mol. The molecule has 0 aromatic carbocycles. The fourth-order valence-electron chi connectivity index (χ4n) is 0.479. The molecule has 0 aliphatic rings. The van der Waals surface area contributed by atoms with E-state index in [2.05, 4.69) is 21.7 Å². The van der Waals surface area contributed by atoms with Gasteiger partial charge in [0.05, 0.1) is 13.7 Å². The van der Waals surface area contributed by atoms with Gasteiger partial charge in [0.2, 0.25) is 0 Å². The molecule has 0 radical (unpaired) electrons. The lowest BCUT2D eigenvalue weighted by atomic mass is 10.7. The van der Waals surface area contributed by atoms with Crippen LogP contribution < -0.4 is 0 Å². The average Bonchev–Trinajstić information content (AvgIpc) is 2.04. The number of carbonyl (C=O) groups excluding carboxylic acids is 1. The smallest absolute Gasteiger partial charge is 0.332 e. The molecule has 0 bridgehead atoms. The molecule has 0 aliphatic heterocycles. The number of hydrogen-bond donors (Lipinski definition) is 0. The van der Waals surface area contributed by atoms with Gasteiger partial charge >= 0.3 is 5.97 Å². The Morgan fingerprint density at radius 3 is 2.58 bits per heavy atom. The lowest BCUT2D eigenvalue weighted by molar-refractivity contribution is -0.147. The van der Waals surface area contributed by atoms with E-state index in [0.29, 0.717) is 11.7 Å². The van der Waals surface area contributed by atoms with Crippen LogP contribution >= 0.6 is 12.2 Å². The van der Waals surface area contributed by atoms with Crippen molar-refractivity contribution in [2.45, 2.75) is 6.92 Å². The molecule has 4 nitrogen and oxygen atoms in total. The Morgan fingerprint density at radius 2 is 2.08 bits per heavy atom. The van der Waals surface area contributed by atoms with Gasteiger partial charge in [-0.25, -0.2) is 4.79 Å². The zero-order valence-electron chi connectivity index (χ0n) is 7.16. The first-order valence-electron chi connectivity index (χ1n) is 3.50. The molecule has 0 atom stereocenters. The van der Waals surface area contributed by atoms with E-state index < -0.39 is 5.97 Å². The van der Waals surface area contributed by atoms with Crippen LogP contribution in [-0.4, -0.2) is 38.0 Å². The van der Waals surface area contributed by atoms with Crippen LogP contribution in [0.25, 0.3) is 0 Å². The first-order chi connectivity index (χ1) is 5.70. The number of methoxy groups -OCH3 is 1. The summed E-state index contributed by atoms with van der Waals surface area (Å²) in [6, 6.07) is 0. The molecule has 0 aliphatic carbocycles. The van der Waals surface area contributed by atoms with Gasteiger partial charge in [-0.05, 0) is 19.1 Å². The van der Waals surface area contributed by atoms with Gasteiger partial charge in [-0.2, -0.15) is 0 Å². The fraction of sp³-hybridized carbons (Fsp3) is 0.714. The van der Waals surface area contributed by atoms with Gasteiger partial charge in [0.25, 0.3) is 0 Å². The van der Waals surface area contributed by atoms with Crippen molar-refractivity contribution in [1.82, 2.24) is 0 Å². The lowest BCUT2D eigenvalue weighted by Gasteiger charge is -2.03. The third-order valence-corrected chi connectivity index (χ3v) is 1.26. The Labute approximate surface area is 76.8 Å². The van der Waals surface area contributed by atoms with Crippen molar-refractivity contribution in [2.24, 2.45) is 0 Å². The highest BCUT2D eigenvalue weighted by Gasteiger charge is 2.02. The second-order valence-corrected chi connectivity index (χ2v) is 2.33. The minimum absolute atomic E-state index is 0.0860. The van der Waals surface area contributed by atoms with E-state index in [1.165, 1.54) is 7.11 Å². The van der Waals surface area contributed by atoms with Crippen molar-refractivity contribution in [1.29, 1.82) is 0 Å². The number of thiocarbonyl (C=S) groups is 1. The number of esters is 1. The molecule has 0 rings (SSSR count). The van der Waals surface area contributed by atoms with Gasteiger partial charge in [-0.1, -0.05) is 0 Å². The monoisotopic (exact) mass is 192 g/mol. The molecular weight excluding hydrogens is 180 g/mol. The normalized spacial score (nSPS) is 9.17. The predicted octanol–water partition coefficient (Wildman–Crippen LogP) is 0.540. The summed E-state index contributed by atoms with van der Waals surface area (Å²) in [7, 11) is 1.45. The van der Waals surface area contributed by atoms with E-state index in [-0.39, 0.29) is 13.2 Å². The molecule has 70 valence electrons. The summed E-state index contributed by atoms with van der Waals surface area (Å²) in [5, 5.41) is 0.319. The molecule has 0 saturated carbocycles. The van der Waals surface area contributed by atoms with Crippen LogP contribution in [0.2, 0.25) is 0 Å². The topological polar surface area (TPSA) is 44.8 Å². The summed E-state index contributed by atoms with van der Waals surface area (Å²) in [6.45, 7) is 2.15. The second-order valence-electron chi connectivity index (χ2n) is 1.87. The van der Waals surface area contributed by atoms with E-state index in [1.807, 2.05) is 0 Å². The minimum atomic E-state index is -0.392. The van der Waals surface area contributed by atoms with Crippen molar-refractivity contribution in [2.75, 3.05) is 26.9 Å². The van der Waals surface area contributed by atoms with E-state index in [9.17, 15) is 4.79 Å². The number of carbonyl (C=O) groups is 1. The minimum Gasteiger partial charge on any atom is -0.488 e. The van der Waals surface area contributed by atoms with E-state index in [4.69, 9.17) is 4.74 Å². The number of rotatable bonds is 5. The predicted molar refractivity (Wildman–Crippen MR) is 47.1 cm³/mol. The molecule has 0 spiro atoms. The maximum absolute atomic E-state index is 10.7. The summed E-state index contributed by atoms with van der Waals surface area (Å²) < 4.78 is 14.1. The molecule has 0 saturated heterocycles. The SMILES string of the molecule is CCOC(=O)COCC(=S)OC. The highest BCUT2D eigenvalue weighted by Crippen LogP contribution is 1.84. The maximum Gasteiger partial charge on any atom is 0.332 e. The molecule has 0 N–H and O–H groups in total. The summed E-state index contributed by atoms with van der Waals surface area (Å²) in [4.78, 5) is 10.7. The molecular formula is C7H12O4S. The Kier molecular flexibility index (Phi) is 6.60. The maximum atomic E-state index is 10.7. The lowest BCUT2D eigenvalue weighted by Crippen LogP contribution is -2.16. The van der Waals surface area contributed by atoms with Gasteiger partial charge in [-0.3, -0.25) is 0 Å². The third-order valence-electron chi connectivity index (χ3n) is 0.973. The summed E-state index contributed by atoms with van der Waals surface area (Å²) in [6.07, 6.45) is 0. The second kappa shape index (κ2) is 7.00. The Hall–Kier alpha value is -0.680. The van der Waals surface area contributed by atoms with E-state index in [0.717, 1.165) is 0 Å². The first-order valence-corrected chi connectivity index (χ1v) is 3.91. The molecule has 0 fully saturated rings. The molecule has 12 heavy (non-hydrogen) atoms. The van der Waals surface area contributed by atoms with E-state index >= 15 is 0 Å². The summed E-state index contributed by atoms with van der Waals surface area (Å²) >= 11 is 4.67. The van der Waals surface area contributed by atoms with Crippen molar-refractivity contribution in [3.63, 3.8) is 0 Å². The molecule has 0 aromatic heterocycles. The van der Waals surface area contributed by atoms with Crippen LogP contribution in [0.4, 0.5) is 0 Å². The zero-order chi connectivity index (χ0) is 9.40. The number of hydrogen-bond acceptors (Lipinski definition) is 5. The quantitative estimate of drug-likeness (QED) is 0.470. The molecule has 0 unspecified atom stereocenters. The van der Waals surface area contributed by atoms with Crippen molar-refractivity contribution >= 4 is 23.2 Å².